The van der Waals surface area contributed by atoms with Crippen molar-refractivity contribution in [3.63, 3.8) is 0 Å². The molecule has 0 aromatic heterocycles. The predicted octanol–water partition coefficient (Wildman–Crippen LogP) is 6.24. The Bertz CT molecular complexity index is 525. The van der Waals surface area contributed by atoms with Crippen molar-refractivity contribution in [1.82, 2.24) is 0 Å². The van der Waals surface area contributed by atoms with Crippen molar-refractivity contribution in [2.24, 2.45) is 0 Å². The van der Waals surface area contributed by atoms with Gasteiger partial charge in [-0.15, -0.1) is 0 Å². The van der Waals surface area contributed by atoms with Crippen LogP contribution >= 0.6 is 0 Å². The monoisotopic (exact) mass is 296 g/mol. The summed E-state index contributed by atoms with van der Waals surface area (Å²) >= 11 is 0. The fourth-order valence-corrected chi connectivity index (χ4v) is 3.20. The SMILES string of the molecule is CCc1cccc(C)c1CC.CCc1cccc(C)c1CC. The molecule has 0 nitrogen and oxygen atoms in total. The first-order valence-electron chi connectivity index (χ1n) is 8.73. The molecule has 120 valence electrons. The first-order valence-corrected chi connectivity index (χ1v) is 8.73. The number of hydrogen-bond acceptors (Lipinski definition) is 0. The van der Waals surface area contributed by atoms with Crippen LogP contribution in [0.1, 0.15) is 61.1 Å². The van der Waals surface area contributed by atoms with Crippen LogP contribution in [-0.2, 0) is 25.7 Å². The van der Waals surface area contributed by atoms with E-state index in [0.717, 1.165) is 25.7 Å². The molecule has 0 amide bonds. The Balaban J connectivity index is 0.000000220. The highest BCUT2D eigenvalue weighted by atomic mass is 14.1. The summed E-state index contributed by atoms with van der Waals surface area (Å²) in [5.74, 6) is 0. The van der Waals surface area contributed by atoms with Crippen molar-refractivity contribution < 1.29 is 0 Å². The topological polar surface area (TPSA) is 0 Å². The predicted molar refractivity (Wildman–Crippen MR) is 99.9 cm³/mol. The molecule has 0 atom stereocenters. The van der Waals surface area contributed by atoms with Gasteiger partial charge in [0.25, 0.3) is 0 Å². The lowest BCUT2D eigenvalue weighted by atomic mass is 9.98. The number of hydrogen-bond donors (Lipinski definition) is 0. The normalized spacial score (nSPS) is 10.1. The smallest absolute Gasteiger partial charge is 0.0302 e. The van der Waals surface area contributed by atoms with Gasteiger partial charge in [-0.2, -0.15) is 0 Å². The van der Waals surface area contributed by atoms with Gasteiger partial charge in [-0.1, -0.05) is 64.1 Å². The minimum atomic E-state index is 1.16. The summed E-state index contributed by atoms with van der Waals surface area (Å²) < 4.78 is 0. The summed E-state index contributed by atoms with van der Waals surface area (Å²) in [5.41, 5.74) is 8.96. The van der Waals surface area contributed by atoms with Gasteiger partial charge in [0.2, 0.25) is 0 Å². The van der Waals surface area contributed by atoms with E-state index < -0.39 is 0 Å². The highest BCUT2D eigenvalue weighted by Gasteiger charge is 2.00. The van der Waals surface area contributed by atoms with Crippen LogP contribution in [0.15, 0.2) is 36.4 Å². The van der Waals surface area contributed by atoms with Crippen LogP contribution in [0.4, 0.5) is 0 Å². The van der Waals surface area contributed by atoms with Gasteiger partial charge in [-0.05, 0) is 72.9 Å². The van der Waals surface area contributed by atoms with Crippen LogP contribution in [0.2, 0.25) is 0 Å². The molecule has 0 bridgehead atoms. The molecular formula is C22H32. The van der Waals surface area contributed by atoms with Gasteiger partial charge >= 0.3 is 0 Å². The Kier molecular flexibility index (Phi) is 7.95. The summed E-state index contributed by atoms with van der Waals surface area (Å²) in [6, 6.07) is 13.1. The molecule has 2 rings (SSSR count). The zero-order valence-corrected chi connectivity index (χ0v) is 15.3. The Morgan fingerprint density at radius 1 is 0.545 bits per heavy atom. The van der Waals surface area contributed by atoms with Crippen LogP contribution in [0.25, 0.3) is 0 Å². The van der Waals surface area contributed by atoms with Gasteiger partial charge in [-0.3, -0.25) is 0 Å². The van der Waals surface area contributed by atoms with Crippen molar-refractivity contribution in [2.75, 3.05) is 0 Å². The number of rotatable bonds is 4. The minimum Gasteiger partial charge on any atom is -0.0617 e. The van der Waals surface area contributed by atoms with Crippen LogP contribution in [0.3, 0.4) is 0 Å². The van der Waals surface area contributed by atoms with E-state index in [1.807, 2.05) is 0 Å². The first kappa shape index (κ1) is 18.5. The number of aryl methyl sites for hydroxylation is 4. The first-order chi connectivity index (χ1) is 10.6. The molecule has 0 saturated carbocycles. The summed E-state index contributed by atoms with van der Waals surface area (Å²) in [6.07, 6.45) is 4.64. The molecule has 0 N–H and O–H groups in total. The standard InChI is InChI=1S/2C11H16/c2*1-4-10-8-6-7-9(3)11(10)5-2/h2*6-8H,4-5H2,1-3H3. The van der Waals surface area contributed by atoms with Gasteiger partial charge < -0.3 is 0 Å². The van der Waals surface area contributed by atoms with E-state index >= 15 is 0 Å². The van der Waals surface area contributed by atoms with E-state index in [1.165, 1.54) is 33.4 Å². The van der Waals surface area contributed by atoms with Gasteiger partial charge in [0.05, 0.1) is 0 Å². The largest absolute Gasteiger partial charge is 0.0617 e. The van der Waals surface area contributed by atoms with E-state index in [1.54, 1.807) is 0 Å². The van der Waals surface area contributed by atoms with Crippen LogP contribution in [0, 0.1) is 13.8 Å². The van der Waals surface area contributed by atoms with Gasteiger partial charge in [0.15, 0.2) is 0 Å². The Morgan fingerprint density at radius 3 is 1.14 bits per heavy atom. The van der Waals surface area contributed by atoms with E-state index in [2.05, 4.69) is 77.9 Å². The lowest BCUT2D eigenvalue weighted by molar-refractivity contribution is 1.02. The molecule has 2 aromatic carbocycles. The maximum Gasteiger partial charge on any atom is -0.0302 e. The van der Waals surface area contributed by atoms with Crippen molar-refractivity contribution >= 4 is 0 Å². The van der Waals surface area contributed by atoms with Crippen molar-refractivity contribution in [2.45, 2.75) is 67.2 Å². The van der Waals surface area contributed by atoms with Crippen molar-refractivity contribution in [3.05, 3.63) is 69.8 Å². The zero-order chi connectivity index (χ0) is 16.5. The molecule has 0 radical (unpaired) electrons. The third-order valence-electron chi connectivity index (χ3n) is 4.48. The lowest BCUT2D eigenvalue weighted by Gasteiger charge is -2.07. The quantitative estimate of drug-likeness (QED) is 0.626. The molecule has 2 aromatic rings. The summed E-state index contributed by atoms with van der Waals surface area (Å²) in [6.45, 7) is 13.3. The molecule has 0 heteroatoms. The number of benzene rings is 2. The fourth-order valence-electron chi connectivity index (χ4n) is 3.20. The van der Waals surface area contributed by atoms with Crippen molar-refractivity contribution in [3.8, 4) is 0 Å². The maximum absolute atomic E-state index is 2.23. The lowest BCUT2D eigenvalue weighted by Crippen LogP contribution is -1.93. The molecule has 0 heterocycles. The molecule has 0 aliphatic heterocycles. The van der Waals surface area contributed by atoms with Crippen molar-refractivity contribution in [1.29, 1.82) is 0 Å². The second-order valence-electron chi connectivity index (χ2n) is 5.84. The molecule has 0 aliphatic rings. The molecule has 0 fully saturated rings. The summed E-state index contributed by atoms with van der Waals surface area (Å²) in [4.78, 5) is 0. The average molecular weight is 296 g/mol. The van der Waals surface area contributed by atoms with E-state index in [9.17, 15) is 0 Å². The molecule has 0 aliphatic carbocycles. The average Bonchev–Trinajstić information content (AvgIpc) is 2.54. The third kappa shape index (κ3) is 4.73. The molecular weight excluding hydrogens is 264 g/mol. The Labute approximate surface area is 137 Å². The van der Waals surface area contributed by atoms with Gasteiger partial charge in [0, 0.05) is 0 Å². The second-order valence-corrected chi connectivity index (χ2v) is 5.84. The highest BCUT2D eigenvalue weighted by Crippen LogP contribution is 2.15. The van der Waals surface area contributed by atoms with Crippen LogP contribution in [0.5, 0.6) is 0 Å². The molecule has 0 unspecified atom stereocenters. The molecule has 22 heavy (non-hydrogen) atoms. The van der Waals surface area contributed by atoms with Crippen LogP contribution < -0.4 is 0 Å². The van der Waals surface area contributed by atoms with Gasteiger partial charge in [0.1, 0.15) is 0 Å². The van der Waals surface area contributed by atoms with E-state index in [-0.39, 0.29) is 0 Å². The molecule has 0 saturated heterocycles. The molecule has 0 spiro atoms. The Morgan fingerprint density at radius 2 is 0.909 bits per heavy atom. The maximum atomic E-state index is 2.23. The van der Waals surface area contributed by atoms with Crippen LogP contribution in [-0.4, -0.2) is 0 Å². The van der Waals surface area contributed by atoms with E-state index in [4.69, 9.17) is 0 Å². The van der Waals surface area contributed by atoms with E-state index in [0.29, 0.717) is 0 Å². The van der Waals surface area contributed by atoms with Gasteiger partial charge in [-0.25, -0.2) is 0 Å². The fraction of sp³-hybridized carbons (Fsp3) is 0.455. The summed E-state index contributed by atoms with van der Waals surface area (Å²) in [7, 11) is 0. The third-order valence-corrected chi connectivity index (χ3v) is 4.48. The Hall–Kier alpha value is -1.56. The second kappa shape index (κ2) is 9.46. The summed E-state index contributed by atoms with van der Waals surface area (Å²) in [5, 5.41) is 0. The minimum absolute atomic E-state index is 1.16. The highest BCUT2D eigenvalue weighted by molar-refractivity contribution is 5.35. The zero-order valence-electron chi connectivity index (χ0n) is 15.3.